The van der Waals surface area contributed by atoms with Crippen LogP contribution < -0.4 is 31.9 Å². The number of hydrogen-bond donors (Lipinski definition) is 10. The molecule has 10 N–H and O–H groups in total. The van der Waals surface area contributed by atoms with Gasteiger partial charge in [0, 0.05) is 85.9 Å². The summed E-state index contributed by atoms with van der Waals surface area (Å²) in [6.07, 6.45) is 4.72. The molecule has 0 fully saturated rings. The van der Waals surface area contributed by atoms with Crippen LogP contribution in [0.2, 0.25) is 0 Å². The molecule has 29 heavy (non-hydrogen) atoms. The third-order valence-electron chi connectivity index (χ3n) is 1.47. The van der Waals surface area contributed by atoms with Gasteiger partial charge in [0.2, 0.25) is 11.8 Å². The van der Waals surface area contributed by atoms with Crippen molar-refractivity contribution in [3.63, 3.8) is 0 Å². The SMILES string of the molecule is CC(=O)NC(O)(O)N[C-]=O.CC(=O)NC(O)(O)N[C-]=O.O=[C-]NCN[C-]=O.[Y].[Y]. The van der Waals surface area contributed by atoms with E-state index in [1.165, 1.54) is 23.5 Å². The van der Waals surface area contributed by atoms with Gasteiger partial charge < -0.3 is 60.9 Å². The van der Waals surface area contributed by atoms with Crippen molar-refractivity contribution in [1.29, 1.82) is 0 Å². The van der Waals surface area contributed by atoms with Crippen LogP contribution in [-0.4, -0.2) is 76.6 Å². The maximum Gasteiger partial charge on any atom is 0.306 e. The van der Waals surface area contributed by atoms with Crippen molar-refractivity contribution < 1.29 is 115 Å². The monoisotopic (exact) mass is 572 g/mol. The molecule has 0 rings (SSSR count). The van der Waals surface area contributed by atoms with Gasteiger partial charge >= 0.3 is 12.1 Å². The first-order chi connectivity index (χ1) is 12.4. The molecule has 0 saturated carbocycles. The van der Waals surface area contributed by atoms with Crippen molar-refractivity contribution >= 4 is 37.5 Å². The normalized spacial score (nSPS) is 8.76. The first-order valence-electron chi connectivity index (χ1n) is 6.33. The molecule has 0 atom stereocenters. The third-order valence-corrected chi connectivity index (χ3v) is 1.47. The van der Waals surface area contributed by atoms with Crippen LogP contribution in [0.1, 0.15) is 13.8 Å². The van der Waals surface area contributed by atoms with E-state index in [9.17, 15) is 28.8 Å². The minimum absolute atomic E-state index is 0. The van der Waals surface area contributed by atoms with E-state index in [1.54, 1.807) is 10.6 Å². The van der Waals surface area contributed by atoms with Crippen molar-refractivity contribution in [3.8, 4) is 0 Å². The van der Waals surface area contributed by atoms with E-state index in [2.05, 4.69) is 10.6 Å². The summed E-state index contributed by atoms with van der Waals surface area (Å²) < 4.78 is 0. The molecule has 16 nitrogen and oxygen atoms in total. The van der Waals surface area contributed by atoms with Crippen LogP contribution in [0, 0.1) is 0 Å². The first-order valence-corrected chi connectivity index (χ1v) is 6.33. The summed E-state index contributed by atoms with van der Waals surface area (Å²) in [5.41, 5.74) is 0. The molecule has 162 valence electrons. The van der Waals surface area contributed by atoms with E-state index in [1.807, 2.05) is 0 Å². The van der Waals surface area contributed by atoms with Gasteiger partial charge in [-0.1, -0.05) is 0 Å². The topological polar surface area (TPSA) is 256 Å². The van der Waals surface area contributed by atoms with E-state index < -0.39 is 23.9 Å². The summed E-state index contributed by atoms with van der Waals surface area (Å²) in [5.74, 6) is -1.37. The summed E-state index contributed by atoms with van der Waals surface area (Å²) in [7, 11) is 0. The second-order valence-corrected chi connectivity index (χ2v) is 3.90. The van der Waals surface area contributed by atoms with Crippen LogP contribution in [0.25, 0.3) is 0 Å². The van der Waals surface area contributed by atoms with Gasteiger partial charge in [-0.25, -0.2) is 0 Å². The summed E-state index contributed by atoms with van der Waals surface area (Å²) in [4.78, 5) is 57.8. The second-order valence-electron chi connectivity index (χ2n) is 3.90. The van der Waals surface area contributed by atoms with E-state index in [0.717, 1.165) is 26.7 Å². The third kappa shape index (κ3) is 38.2. The van der Waals surface area contributed by atoms with Gasteiger partial charge in [0.05, 0.1) is 0 Å². The molecule has 6 amide bonds. The number of aliphatic hydroxyl groups is 4. The Morgan fingerprint density at radius 3 is 1.14 bits per heavy atom. The van der Waals surface area contributed by atoms with Gasteiger partial charge in [0.25, 0.3) is 0 Å². The molecule has 0 spiro atoms. The van der Waals surface area contributed by atoms with Crippen molar-refractivity contribution in [1.82, 2.24) is 31.9 Å². The minimum Gasteiger partial charge on any atom is -0.520 e. The van der Waals surface area contributed by atoms with Crippen LogP contribution in [0.15, 0.2) is 0 Å². The first kappa shape index (κ1) is 38.5. The van der Waals surface area contributed by atoms with Gasteiger partial charge in [-0.15, -0.1) is 0 Å². The van der Waals surface area contributed by atoms with Crippen molar-refractivity contribution in [3.05, 3.63) is 0 Å². The van der Waals surface area contributed by atoms with E-state index in [0.29, 0.717) is 0 Å². The Bertz CT molecular complexity index is 453. The molecule has 0 saturated heterocycles. The molecule has 2 radical (unpaired) electrons. The Balaban J connectivity index is -0.0000000976. The van der Waals surface area contributed by atoms with Gasteiger partial charge in [-0.05, 0) is 0 Å². The molecule has 0 aromatic heterocycles. The molecule has 0 aliphatic rings. The van der Waals surface area contributed by atoms with Crippen molar-refractivity contribution in [2.75, 3.05) is 6.67 Å². The molecular formula is C11H18N6O10Y2-4. The second kappa shape index (κ2) is 23.1. The van der Waals surface area contributed by atoms with Gasteiger partial charge in [0.15, 0.2) is 0 Å². The molecule has 0 bridgehead atoms. The number of carbonyl (C=O) groups is 2. The zero-order valence-electron chi connectivity index (χ0n) is 15.1. The maximum atomic E-state index is 10.1. The largest absolute Gasteiger partial charge is 0.520 e. The van der Waals surface area contributed by atoms with E-state index in [-0.39, 0.29) is 72.1 Å². The molecule has 0 aliphatic carbocycles. The fourth-order valence-corrected chi connectivity index (χ4v) is 0.812. The molecule has 0 unspecified atom stereocenters. The average molecular weight is 572 g/mol. The number of nitrogens with one attached hydrogen (secondary N) is 6. The standard InChI is InChI=1S/2C4H7N2O4.C3H4N2O2.2Y/c2*1-3(8)6-4(9,10)5-2-7;6-2-4-1-5-3-7;;/h2*9-10H,1H3,(H,5,7)(H,6,8);1H2,(H,4,6)(H,5,7);;/q2*-1;-2;;. The minimum atomic E-state index is -2.70. The molecule has 0 aliphatic heterocycles. The van der Waals surface area contributed by atoms with E-state index in [4.69, 9.17) is 20.4 Å². The maximum absolute atomic E-state index is 10.1. The zero-order chi connectivity index (χ0) is 21.9. The van der Waals surface area contributed by atoms with Gasteiger partial charge in [-0.2, -0.15) is 25.6 Å². The summed E-state index contributed by atoms with van der Waals surface area (Å²) in [6.45, 7) is 2.22. The number of rotatable bonds is 10. The molecule has 0 aromatic rings. The molecule has 0 heterocycles. The number of amides is 6. The average Bonchev–Trinajstić information content (AvgIpc) is 2.46. The summed E-state index contributed by atoms with van der Waals surface area (Å²) in [5, 5.41) is 44.4. The Morgan fingerprint density at radius 2 is 0.966 bits per heavy atom. The summed E-state index contributed by atoms with van der Waals surface area (Å²) >= 11 is 0. The van der Waals surface area contributed by atoms with Crippen LogP contribution in [0.3, 0.4) is 0 Å². The van der Waals surface area contributed by atoms with Crippen LogP contribution in [0.5, 0.6) is 0 Å². The predicted octanol–water partition coefficient (Wildman–Crippen LogP) is -7.00. The number of carbonyl (C=O) groups excluding carboxylic acids is 6. The Hall–Kier alpha value is -1.13. The van der Waals surface area contributed by atoms with Gasteiger partial charge in [-0.3, -0.25) is 20.2 Å². The van der Waals surface area contributed by atoms with Crippen LogP contribution >= 0.6 is 0 Å². The fourth-order valence-electron chi connectivity index (χ4n) is 0.812. The predicted molar refractivity (Wildman–Crippen MR) is 82.2 cm³/mol. The van der Waals surface area contributed by atoms with Gasteiger partial charge in [0.1, 0.15) is 0 Å². The summed E-state index contributed by atoms with van der Waals surface area (Å²) in [6, 6.07) is -5.40. The van der Waals surface area contributed by atoms with Crippen molar-refractivity contribution in [2.24, 2.45) is 0 Å². The molecule has 0 aromatic carbocycles. The smallest absolute Gasteiger partial charge is 0.306 e. The Morgan fingerprint density at radius 1 is 0.690 bits per heavy atom. The van der Waals surface area contributed by atoms with Crippen LogP contribution in [-0.2, 0) is 94.2 Å². The molecule has 18 heteroatoms. The zero-order valence-corrected chi connectivity index (χ0v) is 20.8. The van der Waals surface area contributed by atoms with Crippen molar-refractivity contribution in [2.45, 2.75) is 25.9 Å². The quantitative estimate of drug-likeness (QED) is 0.0512. The Kier molecular flexibility index (Phi) is 30.7. The fraction of sp³-hybridized carbons (Fsp3) is 0.455. The van der Waals surface area contributed by atoms with Crippen LogP contribution in [0.4, 0.5) is 0 Å². The number of hydrogen-bond acceptors (Lipinski definition) is 10. The molecular weight excluding hydrogens is 554 g/mol. The van der Waals surface area contributed by atoms with E-state index >= 15 is 0 Å². The Labute approximate surface area is 215 Å².